The number of carbonyl (C=O) groups is 1. The highest BCUT2D eigenvalue weighted by molar-refractivity contribution is 5.94. The molecule has 0 bridgehead atoms. The van der Waals surface area contributed by atoms with Gasteiger partial charge in [0.05, 0.1) is 6.10 Å². The van der Waals surface area contributed by atoms with E-state index in [4.69, 9.17) is 0 Å². The van der Waals surface area contributed by atoms with Gasteiger partial charge in [-0.15, -0.1) is 0 Å². The van der Waals surface area contributed by atoms with E-state index in [1.165, 1.54) is 5.56 Å². The van der Waals surface area contributed by atoms with E-state index in [0.717, 1.165) is 31.4 Å². The van der Waals surface area contributed by atoms with Crippen molar-refractivity contribution in [1.29, 1.82) is 0 Å². The molecule has 0 spiro atoms. The number of β-amino-alcohol motifs (C(OH)–C–C–N with tert-alkyl or cyclic N) is 1. The van der Waals surface area contributed by atoms with Crippen LogP contribution < -0.4 is 0 Å². The van der Waals surface area contributed by atoms with Crippen LogP contribution in [0.25, 0.3) is 0 Å². The average molecular weight is 233 g/mol. The summed E-state index contributed by atoms with van der Waals surface area (Å²) in [6, 6.07) is 7.75. The second-order valence-corrected chi connectivity index (χ2v) is 4.60. The number of nitrogens with zero attached hydrogens (tertiary/aromatic N) is 1. The van der Waals surface area contributed by atoms with E-state index >= 15 is 0 Å². The number of aryl methyl sites for hydroxylation is 1. The van der Waals surface area contributed by atoms with E-state index < -0.39 is 0 Å². The minimum Gasteiger partial charge on any atom is -0.391 e. The Morgan fingerprint density at radius 1 is 1.53 bits per heavy atom. The van der Waals surface area contributed by atoms with Gasteiger partial charge in [-0.3, -0.25) is 4.79 Å². The molecule has 2 rings (SSSR count). The Hall–Kier alpha value is -1.35. The number of aliphatic hydroxyl groups excluding tert-OH is 1. The van der Waals surface area contributed by atoms with Crippen LogP contribution in [-0.2, 0) is 6.42 Å². The third kappa shape index (κ3) is 2.86. The van der Waals surface area contributed by atoms with Crippen molar-refractivity contribution in [2.75, 3.05) is 13.1 Å². The minimum absolute atomic E-state index is 0.0408. The van der Waals surface area contributed by atoms with Gasteiger partial charge in [0.2, 0.25) is 0 Å². The molecule has 1 aromatic rings. The predicted molar refractivity (Wildman–Crippen MR) is 67.0 cm³/mol. The SMILES string of the molecule is CCc1cccc(C(=O)N2CCCC(O)C2)c1. The highest BCUT2D eigenvalue weighted by Gasteiger charge is 2.22. The number of piperidine rings is 1. The summed E-state index contributed by atoms with van der Waals surface area (Å²) in [7, 11) is 0. The van der Waals surface area contributed by atoms with Gasteiger partial charge < -0.3 is 10.0 Å². The maximum absolute atomic E-state index is 12.2. The summed E-state index contributed by atoms with van der Waals surface area (Å²) >= 11 is 0. The summed E-state index contributed by atoms with van der Waals surface area (Å²) in [5.41, 5.74) is 1.91. The molecule has 0 aromatic heterocycles. The molecule has 1 amide bonds. The maximum Gasteiger partial charge on any atom is 0.253 e. The quantitative estimate of drug-likeness (QED) is 0.846. The van der Waals surface area contributed by atoms with Crippen LogP contribution >= 0.6 is 0 Å². The van der Waals surface area contributed by atoms with Gasteiger partial charge in [-0.25, -0.2) is 0 Å². The Morgan fingerprint density at radius 2 is 2.35 bits per heavy atom. The summed E-state index contributed by atoms with van der Waals surface area (Å²) in [5, 5.41) is 9.58. The molecule has 1 aliphatic heterocycles. The fourth-order valence-electron chi connectivity index (χ4n) is 2.25. The van der Waals surface area contributed by atoms with Crippen molar-refractivity contribution in [3.05, 3.63) is 35.4 Å². The van der Waals surface area contributed by atoms with Crippen LogP contribution in [0.5, 0.6) is 0 Å². The Bertz CT molecular complexity index is 403. The van der Waals surface area contributed by atoms with Crippen molar-refractivity contribution in [3.8, 4) is 0 Å². The predicted octanol–water partition coefficient (Wildman–Crippen LogP) is 1.85. The largest absolute Gasteiger partial charge is 0.391 e. The molecule has 0 aliphatic carbocycles. The van der Waals surface area contributed by atoms with Crippen LogP contribution in [0.2, 0.25) is 0 Å². The van der Waals surface area contributed by atoms with Gasteiger partial charge in [0.25, 0.3) is 5.91 Å². The van der Waals surface area contributed by atoms with Crippen molar-refractivity contribution in [3.63, 3.8) is 0 Å². The van der Waals surface area contributed by atoms with E-state index in [-0.39, 0.29) is 12.0 Å². The summed E-state index contributed by atoms with van der Waals surface area (Å²) in [5.74, 6) is 0.0408. The Kier molecular flexibility index (Phi) is 3.79. The van der Waals surface area contributed by atoms with Crippen molar-refractivity contribution < 1.29 is 9.90 Å². The third-order valence-corrected chi connectivity index (χ3v) is 3.27. The molecule has 3 heteroatoms. The number of rotatable bonds is 2. The van der Waals surface area contributed by atoms with Gasteiger partial charge in [-0.05, 0) is 37.0 Å². The lowest BCUT2D eigenvalue weighted by Crippen LogP contribution is -2.42. The molecule has 1 aromatic carbocycles. The van der Waals surface area contributed by atoms with E-state index in [2.05, 4.69) is 6.92 Å². The molecule has 1 heterocycles. The molecular formula is C14H19NO2. The molecule has 17 heavy (non-hydrogen) atoms. The van der Waals surface area contributed by atoms with Crippen LogP contribution in [0.15, 0.2) is 24.3 Å². The normalized spacial score (nSPS) is 20.4. The molecule has 92 valence electrons. The Morgan fingerprint density at radius 3 is 3.06 bits per heavy atom. The van der Waals surface area contributed by atoms with Crippen LogP contribution in [-0.4, -0.2) is 35.1 Å². The van der Waals surface area contributed by atoms with Gasteiger partial charge in [-0.1, -0.05) is 19.1 Å². The average Bonchev–Trinajstić information content (AvgIpc) is 2.38. The standard InChI is InChI=1S/C14H19NO2/c1-2-11-5-3-6-12(9-11)14(17)15-8-4-7-13(16)10-15/h3,5-6,9,13,16H,2,4,7-8,10H2,1H3. The summed E-state index contributed by atoms with van der Waals surface area (Å²) in [6.45, 7) is 3.30. The first-order valence-electron chi connectivity index (χ1n) is 6.27. The molecular weight excluding hydrogens is 214 g/mol. The first kappa shape index (κ1) is 12.1. The lowest BCUT2D eigenvalue weighted by Gasteiger charge is -2.30. The monoisotopic (exact) mass is 233 g/mol. The van der Waals surface area contributed by atoms with Gasteiger partial charge in [0.1, 0.15) is 0 Å². The maximum atomic E-state index is 12.2. The third-order valence-electron chi connectivity index (χ3n) is 3.27. The second kappa shape index (κ2) is 5.32. The minimum atomic E-state index is -0.359. The van der Waals surface area contributed by atoms with E-state index in [1.54, 1.807) is 4.90 Å². The van der Waals surface area contributed by atoms with E-state index in [9.17, 15) is 9.90 Å². The second-order valence-electron chi connectivity index (χ2n) is 4.60. The first-order chi connectivity index (χ1) is 8.20. The Labute approximate surface area is 102 Å². The molecule has 1 saturated heterocycles. The number of aliphatic hydroxyl groups is 1. The molecule has 1 unspecified atom stereocenters. The van der Waals surface area contributed by atoms with Crippen LogP contribution in [0, 0.1) is 0 Å². The molecule has 0 radical (unpaired) electrons. The smallest absolute Gasteiger partial charge is 0.253 e. The number of carbonyl (C=O) groups excluding carboxylic acids is 1. The number of benzene rings is 1. The van der Waals surface area contributed by atoms with Gasteiger partial charge >= 0.3 is 0 Å². The molecule has 3 nitrogen and oxygen atoms in total. The zero-order chi connectivity index (χ0) is 12.3. The zero-order valence-electron chi connectivity index (χ0n) is 10.2. The zero-order valence-corrected chi connectivity index (χ0v) is 10.2. The van der Waals surface area contributed by atoms with E-state index in [1.807, 2.05) is 24.3 Å². The van der Waals surface area contributed by atoms with Crippen LogP contribution in [0.4, 0.5) is 0 Å². The number of likely N-dealkylation sites (tertiary alicyclic amines) is 1. The summed E-state index contributed by atoms with van der Waals surface area (Å²) < 4.78 is 0. The summed E-state index contributed by atoms with van der Waals surface area (Å²) in [6.07, 6.45) is 2.27. The Balaban J connectivity index is 2.12. The lowest BCUT2D eigenvalue weighted by molar-refractivity contribution is 0.0473. The molecule has 0 saturated carbocycles. The van der Waals surface area contributed by atoms with Gasteiger partial charge in [-0.2, -0.15) is 0 Å². The number of hydrogen-bond donors (Lipinski definition) is 1. The lowest BCUT2D eigenvalue weighted by atomic mass is 10.0. The summed E-state index contributed by atoms with van der Waals surface area (Å²) in [4.78, 5) is 14.0. The van der Waals surface area contributed by atoms with Crippen molar-refractivity contribution in [2.45, 2.75) is 32.3 Å². The van der Waals surface area contributed by atoms with Crippen molar-refractivity contribution in [1.82, 2.24) is 4.90 Å². The topological polar surface area (TPSA) is 40.5 Å². The molecule has 1 atom stereocenters. The van der Waals surface area contributed by atoms with Crippen LogP contribution in [0.3, 0.4) is 0 Å². The van der Waals surface area contributed by atoms with Crippen LogP contribution in [0.1, 0.15) is 35.7 Å². The fraction of sp³-hybridized carbons (Fsp3) is 0.500. The number of hydrogen-bond acceptors (Lipinski definition) is 2. The van der Waals surface area contributed by atoms with Crippen molar-refractivity contribution >= 4 is 5.91 Å². The first-order valence-corrected chi connectivity index (χ1v) is 6.27. The highest BCUT2D eigenvalue weighted by Crippen LogP contribution is 2.15. The fourth-order valence-corrected chi connectivity index (χ4v) is 2.25. The van der Waals surface area contributed by atoms with Gasteiger partial charge in [0.15, 0.2) is 0 Å². The molecule has 1 aliphatic rings. The number of amides is 1. The van der Waals surface area contributed by atoms with E-state index in [0.29, 0.717) is 6.54 Å². The van der Waals surface area contributed by atoms with Gasteiger partial charge in [0, 0.05) is 18.7 Å². The molecule has 1 N–H and O–H groups in total. The highest BCUT2D eigenvalue weighted by atomic mass is 16.3. The molecule has 1 fully saturated rings. The van der Waals surface area contributed by atoms with Crippen molar-refractivity contribution in [2.24, 2.45) is 0 Å².